The lowest BCUT2D eigenvalue weighted by Crippen LogP contribution is -2.26. The predicted octanol–water partition coefficient (Wildman–Crippen LogP) is 3.09. The second kappa shape index (κ2) is 6.31. The van der Waals surface area contributed by atoms with Gasteiger partial charge in [0, 0.05) is 6.54 Å². The average Bonchev–Trinajstić information content (AvgIpc) is 2.30. The molecule has 0 bridgehead atoms. The van der Waals surface area contributed by atoms with Crippen LogP contribution in [-0.2, 0) is 6.54 Å². The van der Waals surface area contributed by atoms with E-state index in [0.717, 1.165) is 12.0 Å². The van der Waals surface area contributed by atoms with Gasteiger partial charge in [0.2, 0.25) is 0 Å². The number of alkyl halides is 3. The summed E-state index contributed by atoms with van der Waals surface area (Å²) >= 11 is 0. The van der Waals surface area contributed by atoms with Gasteiger partial charge < -0.3 is 4.74 Å². The molecule has 98 valence electrons. The summed E-state index contributed by atoms with van der Waals surface area (Å²) in [6.45, 7) is 2.47. The van der Waals surface area contributed by atoms with E-state index >= 15 is 0 Å². The molecule has 0 aliphatic carbocycles. The molecule has 1 unspecified atom stereocenters. The molecule has 0 aromatic heterocycles. The van der Waals surface area contributed by atoms with Crippen molar-refractivity contribution < 1.29 is 17.9 Å². The first-order chi connectivity index (χ1) is 8.44. The van der Waals surface area contributed by atoms with Crippen LogP contribution in [0.1, 0.15) is 18.9 Å². The Kier molecular flexibility index (Phi) is 5.05. The summed E-state index contributed by atoms with van der Waals surface area (Å²) in [5, 5.41) is 3.10. The number of nitrogens with one attached hydrogen (secondary N) is 1. The Morgan fingerprint density at radius 1 is 1.33 bits per heavy atom. The summed E-state index contributed by atoms with van der Waals surface area (Å²) in [4.78, 5) is 0. The third-order valence-corrected chi connectivity index (χ3v) is 2.32. The van der Waals surface area contributed by atoms with E-state index in [9.17, 15) is 13.2 Å². The normalized spacial score (nSPS) is 12.8. The maximum atomic E-state index is 11.9. The summed E-state index contributed by atoms with van der Waals surface area (Å²) in [5.74, 6) is 2.35. The molecule has 0 amide bonds. The summed E-state index contributed by atoms with van der Waals surface area (Å²) in [5.41, 5.74) is 0.846. The van der Waals surface area contributed by atoms with Crippen LogP contribution in [-0.4, -0.2) is 12.4 Å². The van der Waals surface area contributed by atoms with Gasteiger partial charge in [-0.3, -0.25) is 5.32 Å². The van der Waals surface area contributed by atoms with Gasteiger partial charge in [-0.25, -0.2) is 0 Å². The first-order valence-electron chi connectivity index (χ1n) is 5.49. The number of terminal acetylenes is 1. The third kappa shape index (κ3) is 5.11. The molecule has 0 heterocycles. The van der Waals surface area contributed by atoms with E-state index in [1.54, 1.807) is 12.1 Å². The smallest absolute Gasteiger partial charge is 0.406 e. The molecule has 1 N–H and O–H groups in total. The molecule has 1 aromatic rings. The first-order valence-corrected chi connectivity index (χ1v) is 5.49. The highest BCUT2D eigenvalue weighted by Crippen LogP contribution is 2.22. The van der Waals surface area contributed by atoms with Gasteiger partial charge >= 0.3 is 6.36 Å². The predicted molar refractivity (Wildman–Crippen MR) is 62.9 cm³/mol. The number of halogens is 3. The fraction of sp³-hybridized carbons (Fsp3) is 0.385. The van der Waals surface area contributed by atoms with E-state index in [1.165, 1.54) is 12.1 Å². The van der Waals surface area contributed by atoms with Gasteiger partial charge in [-0.05, 0) is 24.1 Å². The third-order valence-electron chi connectivity index (χ3n) is 2.32. The van der Waals surface area contributed by atoms with Crippen molar-refractivity contribution in [2.45, 2.75) is 32.3 Å². The van der Waals surface area contributed by atoms with Crippen LogP contribution in [0.2, 0.25) is 0 Å². The zero-order chi connectivity index (χ0) is 13.6. The molecular weight excluding hydrogens is 243 g/mol. The molecule has 1 rings (SSSR count). The molecule has 2 nitrogen and oxygen atoms in total. The number of hydrogen-bond acceptors (Lipinski definition) is 2. The zero-order valence-electron chi connectivity index (χ0n) is 9.92. The van der Waals surface area contributed by atoms with Gasteiger partial charge in [0.25, 0.3) is 0 Å². The standard InChI is InChI=1S/C13H14F3NO/c1-3-11(4-2)17-9-10-5-7-12(8-6-10)18-13(14,15)16/h1,5-8,11,17H,4,9H2,2H3. The van der Waals surface area contributed by atoms with Crippen molar-refractivity contribution in [3.63, 3.8) is 0 Å². The molecule has 5 heteroatoms. The summed E-state index contributed by atoms with van der Waals surface area (Å²) in [7, 11) is 0. The molecule has 0 saturated heterocycles. The van der Waals surface area contributed by atoms with Crippen LogP contribution in [0.3, 0.4) is 0 Å². The van der Waals surface area contributed by atoms with Gasteiger partial charge in [-0.1, -0.05) is 25.0 Å². The lowest BCUT2D eigenvalue weighted by Gasteiger charge is -2.12. The summed E-state index contributed by atoms with van der Waals surface area (Å²) < 4.78 is 39.6. The minimum absolute atomic E-state index is 0.0314. The van der Waals surface area contributed by atoms with Crippen molar-refractivity contribution in [3.8, 4) is 18.1 Å². The molecule has 0 aliphatic rings. The van der Waals surface area contributed by atoms with Crippen molar-refractivity contribution in [1.82, 2.24) is 5.32 Å². The maximum absolute atomic E-state index is 11.9. The Morgan fingerprint density at radius 3 is 2.39 bits per heavy atom. The Balaban J connectivity index is 2.53. The molecule has 0 spiro atoms. The van der Waals surface area contributed by atoms with Crippen molar-refractivity contribution >= 4 is 0 Å². The Labute approximate surface area is 104 Å². The van der Waals surface area contributed by atoms with Crippen LogP contribution in [0.4, 0.5) is 13.2 Å². The van der Waals surface area contributed by atoms with E-state index < -0.39 is 6.36 Å². The molecule has 0 radical (unpaired) electrons. The van der Waals surface area contributed by atoms with Crippen molar-refractivity contribution in [2.75, 3.05) is 0 Å². The average molecular weight is 257 g/mol. The van der Waals surface area contributed by atoms with Crippen LogP contribution in [0.5, 0.6) is 5.75 Å². The number of benzene rings is 1. The SMILES string of the molecule is C#CC(CC)NCc1ccc(OC(F)(F)F)cc1. The molecule has 0 fully saturated rings. The highest BCUT2D eigenvalue weighted by molar-refractivity contribution is 5.27. The fourth-order valence-corrected chi connectivity index (χ4v) is 1.37. The van der Waals surface area contributed by atoms with E-state index in [0.29, 0.717) is 6.54 Å². The van der Waals surface area contributed by atoms with Crippen molar-refractivity contribution in [2.24, 2.45) is 0 Å². The maximum Gasteiger partial charge on any atom is 0.573 e. The zero-order valence-corrected chi connectivity index (χ0v) is 9.92. The quantitative estimate of drug-likeness (QED) is 0.818. The van der Waals surface area contributed by atoms with Gasteiger partial charge in [0.1, 0.15) is 5.75 Å². The van der Waals surface area contributed by atoms with Crippen LogP contribution < -0.4 is 10.1 Å². The van der Waals surface area contributed by atoms with Gasteiger partial charge in [-0.15, -0.1) is 19.6 Å². The van der Waals surface area contributed by atoms with Crippen molar-refractivity contribution in [1.29, 1.82) is 0 Å². The first kappa shape index (κ1) is 14.4. The summed E-state index contributed by atoms with van der Waals surface area (Å²) in [6, 6.07) is 5.66. The Bertz CT molecular complexity index is 406. The Morgan fingerprint density at radius 2 is 1.94 bits per heavy atom. The molecule has 1 atom stereocenters. The second-order valence-electron chi connectivity index (χ2n) is 3.70. The number of ether oxygens (including phenoxy) is 1. The minimum Gasteiger partial charge on any atom is -0.406 e. The van der Waals surface area contributed by atoms with E-state index in [2.05, 4.69) is 16.0 Å². The van der Waals surface area contributed by atoms with Gasteiger partial charge in [0.05, 0.1) is 6.04 Å². The monoisotopic (exact) mass is 257 g/mol. The number of rotatable bonds is 5. The fourth-order valence-electron chi connectivity index (χ4n) is 1.37. The Hall–Kier alpha value is -1.67. The largest absolute Gasteiger partial charge is 0.573 e. The van der Waals surface area contributed by atoms with Gasteiger partial charge in [0.15, 0.2) is 0 Å². The summed E-state index contributed by atoms with van der Waals surface area (Å²) in [6.07, 6.45) is 1.42. The lowest BCUT2D eigenvalue weighted by atomic mass is 10.2. The van der Waals surface area contributed by atoms with E-state index in [1.807, 2.05) is 6.92 Å². The van der Waals surface area contributed by atoms with Crippen LogP contribution in [0.25, 0.3) is 0 Å². The molecule has 18 heavy (non-hydrogen) atoms. The molecule has 0 saturated carbocycles. The van der Waals surface area contributed by atoms with Crippen LogP contribution in [0.15, 0.2) is 24.3 Å². The van der Waals surface area contributed by atoms with Crippen LogP contribution >= 0.6 is 0 Å². The molecule has 0 aliphatic heterocycles. The number of hydrogen-bond donors (Lipinski definition) is 1. The topological polar surface area (TPSA) is 21.3 Å². The van der Waals surface area contributed by atoms with E-state index in [4.69, 9.17) is 6.42 Å². The van der Waals surface area contributed by atoms with Gasteiger partial charge in [-0.2, -0.15) is 0 Å². The highest BCUT2D eigenvalue weighted by atomic mass is 19.4. The molecular formula is C13H14F3NO. The highest BCUT2D eigenvalue weighted by Gasteiger charge is 2.30. The second-order valence-corrected chi connectivity index (χ2v) is 3.70. The van der Waals surface area contributed by atoms with Crippen molar-refractivity contribution in [3.05, 3.63) is 29.8 Å². The van der Waals surface area contributed by atoms with E-state index in [-0.39, 0.29) is 11.8 Å². The molecule has 1 aromatic carbocycles. The lowest BCUT2D eigenvalue weighted by molar-refractivity contribution is -0.274. The minimum atomic E-state index is -4.66. The van der Waals surface area contributed by atoms with Crippen LogP contribution in [0, 0.1) is 12.3 Å².